The molecule has 0 aromatic heterocycles. The van der Waals surface area contributed by atoms with Gasteiger partial charge in [-0.3, -0.25) is 0 Å². The predicted molar refractivity (Wildman–Crippen MR) is 127 cm³/mol. The molecule has 30 heavy (non-hydrogen) atoms. The number of para-hydroxylation sites is 1. The van der Waals surface area contributed by atoms with Gasteiger partial charge in [0, 0.05) is 0 Å². The Kier molecular flexibility index (Phi) is 23.3. The Balaban J connectivity index is 0.000000769. The average molecular weight is 415 g/mol. The maximum Gasteiger partial charge on any atom is 0.240 e. The minimum absolute atomic E-state index is 0.646. The molecule has 0 saturated heterocycles. The second-order valence-electron chi connectivity index (χ2n) is 7.81. The number of hydrogen-bond acceptors (Lipinski definition) is 4. The molecule has 1 aromatic rings. The van der Waals surface area contributed by atoms with Crippen LogP contribution < -0.4 is 0 Å². The summed E-state index contributed by atoms with van der Waals surface area (Å²) >= 11 is 0. The minimum Gasteiger partial charge on any atom is -0.211 e. The molecule has 1 rings (SSSR count). The maximum atomic E-state index is 9.87. The number of unbranched alkanes of at least 4 members (excludes halogenated alkanes) is 15. The molecule has 0 fully saturated rings. The molecule has 0 bridgehead atoms. The van der Waals surface area contributed by atoms with Crippen molar-refractivity contribution >= 4 is 17.8 Å². The lowest BCUT2D eigenvalue weighted by molar-refractivity contribution is 0.529. The zero-order chi connectivity index (χ0) is 22.0. The molecule has 0 aliphatic heterocycles. The van der Waals surface area contributed by atoms with Crippen LogP contribution in [0, 0.1) is 0 Å². The molecule has 0 N–H and O–H groups in total. The number of nitrogens with zero attached hydrogens (tertiary/aromatic N) is 2. The number of rotatable bonds is 18. The van der Waals surface area contributed by atoms with E-state index in [4.69, 9.17) is 0 Å². The Morgan fingerprint density at radius 2 is 1.03 bits per heavy atom. The minimum atomic E-state index is 0.646. The van der Waals surface area contributed by atoms with Gasteiger partial charge in [-0.1, -0.05) is 121 Å². The van der Waals surface area contributed by atoms with Crippen molar-refractivity contribution in [3.63, 3.8) is 0 Å². The Hall–Kier alpha value is -2.02. The van der Waals surface area contributed by atoms with Crippen molar-refractivity contribution < 1.29 is 9.59 Å². The van der Waals surface area contributed by atoms with Crippen LogP contribution in [0.4, 0.5) is 5.69 Å². The van der Waals surface area contributed by atoms with Gasteiger partial charge in [0.25, 0.3) is 0 Å². The van der Waals surface area contributed by atoms with E-state index in [9.17, 15) is 9.59 Å². The normalized spacial score (nSPS) is 9.77. The van der Waals surface area contributed by atoms with E-state index in [0.717, 1.165) is 6.42 Å². The first-order valence-electron chi connectivity index (χ1n) is 12.0. The Morgan fingerprint density at radius 3 is 1.43 bits per heavy atom. The number of aliphatic imine (C=N–C) groups is 2. The van der Waals surface area contributed by atoms with Gasteiger partial charge in [-0.05, 0) is 18.6 Å². The molecule has 168 valence electrons. The molecule has 0 atom stereocenters. The van der Waals surface area contributed by atoms with Gasteiger partial charge in [0.1, 0.15) is 0 Å². The maximum absolute atomic E-state index is 9.87. The summed E-state index contributed by atoms with van der Waals surface area (Å²) in [6.07, 6.45) is 25.1. The van der Waals surface area contributed by atoms with Crippen LogP contribution in [-0.2, 0) is 9.59 Å². The highest BCUT2D eigenvalue weighted by atomic mass is 16.1. The van der Waals surface area contributed by atoms with Crippen LogP contribution in [-0.4, -0.2) is 18.7 Å². The topological polar surface area (TPSA) is 58.9 Å². The molecule has 1 aromatic carbocycles. The van der Waals surface area contributed by atoms with Gasteiger partial charge in [0.05, 0.1) is 12.2 Å². The van der Waals surface area contributed by atoms with Gasteiger partial charge in [0.15, 0.2) is 0 Å². The molecule has 0 radical (unpaired) electrons. The van der Waals surface area contributed by atoms with Crippen molar-refractivity contribution in [1.29, 1.82) is 0 Å². The van der Waals surface area contributed by atoms with Crippen molar-refractivity contribution in [3.05, 3.63) is 30.3 Å². The first kappa shape index (κ1) is 28.0. The highest BCUT2D eigenvalue weighted by Gasteiger charge is 1.94. The first-order chi connectivity index (χ1) is 14.8. The molecule has 0 amide bonds. The van der Waals surface area contributed by atoms with E-state index in [1.54, 1.807) is 18.2 Å². The molecule has 0 aliphatic carbocycles. The molecule has 0 spiro atoms. The third kappa shape index (κ3) is 22.3. The van der Waals surface area contributed by atoms with Crippen LogP contribution in [0.1, 0.15) is 110 Å². The number of isocyanates is 2. The van der Waals surface area contributed by atoms with Gasteiger partial charge in [-0.25, -0.2) is 14.6 Å². The van der Waals surface area contributed by atoms with Crippen LogP contribution in [0.3, 0.4) is 0 Å². The number of carbonyl (C=O) groups excluding carboxylic acids is 2. The lowest BCUT2D eigenvalue weighted by Gasteiger charge is -2.03. The monoisotopic (exact) mass is 414 g/mol. The summed E-state index contributed by atoms with van der Waals surface area (Å²) in [4.78, 5) is 26.5. The Labute approximate surface area is 184 Å². The molecule has 4 heteroatoms. The summed E-state index contributed by atoms with van der Waals surface area (Å²) in [5.74, 6) is 0. The molecule has 4 nitrogen and oxygen atoms in total. The summed E-state index contributed by atoms with van der Waals surface area (Å²) in [6, 6.07) is 8.98. The highest BCUT2D eigenvalue weighted by molar-refractivity contribution is 5.47. The SMILES string of the molecule is CCCCCCCCCCCCCCCCCCN=C=O.O=C=Nc1ccccc1. The third-order valence-corrected chi connectivity index (χ3v) is 5.12. The van der Waals surface area contributed by atoms with E-state index in [1.165, 1.54) is 102 Å². The van der Waals surface area contributed by atoms with Crippen molar-refractivity contribution in [2.24, 2.45) is 9.98 Å². The fraction of sp³-hybridized carbons (Fsp3) is 0.692. The average Bonchev–Trinajstić information content (AvgIpc) is 2.77. The lowest BCUT2D eigenvalue weighted by Crippen LogP contribution is -1.84. The van der Waals surface area contributed by atoms with Gasteiger partial charge in [-0.15, -0.1) is 0 Å². The predicted octanol–water partition coefficient (Wildman–Crippen LogP) is 8.24. The number of benzene rings is 1. The van der Waals surface area contributed by atoms with Gasteiger partial charge < -0.3 is 0 Å². The molecule has 0 saturated carbocycles. The molecule has 0 heterocycles. The van der Waals surface area contributed by atoms with E-state index in [2.05, 4.69) is 16.9 Å². The summed E-state index contributed by atoms with van der Waals surface area (Å²) < 4.78 is 0. The molecular weight excluding hydrogens is 372 g/mol. The standard InChI is InChI=1S/C19H37NO.C7H5NO/c1-2-3-4-5-6-7-8-9-10-11-12-13-14-15-16-17-18-20-19-21;9-6-8-7-4-2-1-3-5-7/h2-18H2,1H3;1-5H. The van der Waals surface area contributed by atoms with Crippen LogP contribution in [0.5, 0.6) is 0 Å². The van der Waals surface area contributed by atoms with E-state index in [1.807, 2.05) is 18.2 Å². The van der Waals surface area contributed by atoms with Gasteiger partial charge >= 0.3 is 0 Å². The summed E-state index contributed by atoms with van der Waals surface area (Å²) in [7, 11) is 0. The summed E-state index contributed by atoms with van der Waals surface area (Å²) in [5.41, 5.74) is 0.646. The smallest absolute Gasteiger partial charge is 0.211 e. The fourth-order valence-electron chi connectivity index (χ4n) is 3.34. The van der Waals surface area contributed by atoms with Crippen molar-refractivity contribution in [2.45, 2.75) is 110 Å². The second kappa shape index (κ2) is 25.0. The lowest BCUT2D eigenvalue weighted by atomic mass is 10.0. The van der Waals surface area contributed by atoms with E-state index in [0.29, 0.717) is 12.2 Å². The quantitative estimate of drug-likeness (QED) is 0.138. The van der Waals surface area contributed by atoms with Gasteiger partial charge in [0.2, 0.25) is 12.2 Å². The largest absolute Gasteiger partial charge is 0.240 e. The zero-order valence-corrected chi connectivity index (χ0v) is 19.1. The van der Waals surface area contributed by atoms with E-state index < -0.39 is 0 Å². The first-order valence-corrected chi connectivity index (χ1v) is 12.0. The highest BCUT2D eigenvalue weighted by Crippen LogP contribution is 2.13. The van der Waals surface area contributed by atoms with E-state index >= 15 is 0 Å². The molecule has 0 unspecified atom stereocenters. The Bertz CT molecular complexity index is 562. The number of hydrogen-bond donors (Lipinski definition) is 0. The van der Waals surface area contributed by atoms with Crippen LogP contribution >= 0.6 is 0 Å². The Morgan fingerprint density at radius 1 is 0.600 bits per heavy atom. The summed E-state index contributed by atoms with van der Waals surface area (Å²) in [6.45, 7) is 2.95. The van der Waals surface area contributed by atoms with E-state index in [-0.39, 0.29) is 0 Å². The second-order valence-corrected chi connectivity index (χ2v) is 7.81. The zero-order valence-electron chi connectivity index (χ0n) is 19.1. The van der Waals surface area contributed by atoms with Crippen LogP contribution in [0.25, 0.3) is 0 Å². The molecular formula is C26H42N2O2. The fourth-order valence-corrected chi connectivity index (χ4v) is 3.34. The molecule has 0 aliphatic rings. The van der Waals surface area contributed by atoms with Crippen LogP contribution in [0.15, 0.2) is 40.3 Å². The van der Waals surface area contributed by atoms with Gasteiger partial charge in [-0.2, -0.15) is 4.99 Å². The van der Waals surface area contributed by atoms with Crippen LogP contribution in [0.2, 0.25) is 0 Å². The van der Waals surface area contributed by atoms with Crippen molar-refractivity contribution in [2.75, 3.05) is 6.54 Å². The van der Waals surface area contributed by atoms with Crippen molar-refractivity contribution in [1.82, 2.24) is 0 Å². The van der Waals surface area contributed by atoms with Crippen molar-refractivity contribution in [3.8, 4) is 0 Å². The summed E-state index contributed by atoms with van der Waals surface area (Å²) in [5, 5.41) is 0. The third-order valence-electron chi connectivity index (χ3n) is 5.12.